The zero-order valence-electron chi connectivity index (χ0n) is 10.8. The van der Waals surface area contributed by atoms with Crippen molar-refractivity contribution in [2.45, 2.75) is 33.6 Å². The summed E-state index contributed by atoms with van der Waals surface area (Å²) in [5.41, 5.74) is 0.352. The molecule has 0 aromatic heterocycles. The Morgan fingerprint density at radius 1 is 1.20 bits per heavy atom. The van der Waals surface area contributed by atoms with Crippen LogP contribution in [0.5, 0.6) is 0 Å². The van der Waals surface area contributed by atoms with Crippen LogP contribution >= 0.6 is 0 Å². The standard InChI is InChI=1S/C12H27NO2/c1-5-15-9-6-7-12(2,3)11-13-8-10-14-4/h13H,5-11H2,1-4H3. The molecular weight excluding hydrogens is 190 g/mol. The zero-order chi connectivity index (χ0) is 11.6. The second-order valence-corrected chi connectivity index (χ2v) is 4.63. The Balaban J connectivity index is 3.40. The van der Waals surface area contributed by atoms with E-state index in [0.717, 1.165) is 39.3 Å². The molecule has 0 aromatic carbocycles. The predicted octanol–water partition coefficient (Wildman–Crippen LogP) is 2.07. The molecule has 0 saturated carbocycles. The normalized spacial score (nSPS) is 12.0. The highest BCUT2D eigenvalue weighted by atomic mass is 16.5. The molecule has 3 nitrogen and oxygen atoms in total. The maximum Gasteiger partial charge on any atom is 0.0587 e. The Morgan fingerprint density at radius 2 is 1.93 bits per heavy atom. The third kappa shape index (κ3) is 10.2. The maximum absolute atomic E-state index is 5.33. The summed E-state index contributed by atoms with van der Waals surface area (Å²) in [4.78, 5) is 0. The number of ether oxygens (including phenoxy) is 2. The number of methoxy groups -OCH3 is 1. The van der Waals surface area contributed by atoms with Gasteiger partial charge in [-0.2, -0.15) is 0 Å². The molecule has 0 unspecified atom stereocenters. The second-order valence-electron chi connectivity index (χ2n) is 4.63. The van der Waals surface area contributed by atoms with Gasteiger partial charge in [-0.15, -0.1) is 0 Å². The second kappa shape index (κ2) is 9.13. The molecular formula is C12H27NO2. The summed E-state index contributed by atoms with van der Waals surface area (Å²) < 4.78 is 10.3. The Bertz CT molecular complexity index is 124. The van der Waals surface area contributed by atoms with Gasteiger partial charge in [-0.05, 0) is 25.2 Å². The van der Waals surface area contributed by atoms with E-state index in [4.69, 9.17) is 9.47 Å². The fourth-order valence-electron chi connectivity index (χ4n) is 1.49. The van der Waals surface area contributed by atoms with Crippen molar-refractivity contribution in [2.24, 2.45) is 5.41 Å². The Kier molecular flexibility index (Phi) is 9.06. The van der Waals surface area contributed by atoms with Crippen molar-refractivity contribution in [1.29, 1.82) is 0 Å². The first kappa shape index (κ1) is 14.9. The van der Waals surface area contributed by atoms with Crippen LogP contribution in [-0.4, -0.2) is 40.0 Å². The molecule has 0 saturated heterocycles. The van der Waals surface area contributed by atoms with E-state index in [9.17, 15) is 0 Å². The predicted molar refractivity (Wildman–Crippen MR) is 64.3 cm³/mol. The summed E-state index contributed by atoms with van der Waals surface area (Å²) in [6, 6.07) is 0. The number of hydrogen-bond donors (Lipinski definition) is 1. The van der Waals surface area contributed by atoms with Gasteiger partial charge in [-0.3, -0.25) is 0 Å². The first-order chi connectivity index (χ1) is 7.12. The number of hydrogen-bond acceptors (Lipinski definition) is 3. The van der Waals surface area contributed by atoms with Crippen LogP contribution in [-0.2, 0) is 9.47 Å². The van der Waals surface area contributed by atoms with Crippen molar-refractivity contribution in [3.8, 4) is 0 Å². The average molecular weight is 217 g/mol. The molecule has 0 atom stereocenters. The summed E-state index contributed by atoms with van der Waals surface area (Å²) in [5, 5.41) is 3.40. The van der Waals surface area contributed by atoms with Crippen molar-refractivity contribution in [3.63, 3.8) is 0 Å². The lowest BCUT2D eigenvalue weighted by Crippen LogP contribution is -2.31. The molecule has 0 radical (unpaired) electrons. The molecule has 0 heterocycles. The van der Waals surface area contributed by atoms with Crippen molar-refractivity contribution < 1.29 is 9.47 Å². The van der Waals surface area contributed by atoms with Crippen LogP contribution in [0.1, 0.15) is 33.6 Å². The molecule has 15 heavy (non-hydrogen) atoms. The van der Waals surface area contributed by atoms with E-state index in [2.05, 4.69) is 19.2 Å². The summed E-state index contributed by atoms with van der Waals surface area (Å²) >= 11 is 0. The highest BCUT2D eigenvalue weighted by Gasteiger charge is 2.16. The van der Waals surface area contributed by atoms with Crippen LogP contribution in [0.4, 0.5) is 0 Å². The molecule has 0 aliphatic carbocycles. The molecule has 0 amide bonds. The summed E-state index contributed by atoms with van der Waals surface area (Å²) in [6.07, 6.45) is 2.35. The quantitative estimate of drug-likeness (QED) is 0.568. The molecule has 0 bridgehead atoms. The lowest BCUT2D eigenvalue weighted by molar-refractivity contribution is 0.131. The van der Waals surface area contributed by atoms with Crippen molar-refractivity contribution in [2.75, 3.05) is 40.0 Å². The first-order valence-electron chi connectivity index (χ1n) is 5.90. The fraction of sp³-hybridized carbons (Fsp3) is 1.00. The van der Waals surface area contributed by atoms with Gasteiger partial charge in [-0.1, -0.05) is 13.8 Å². The fourth-order valence-corrected chi connectivity index (χ4v) is 1.49. The summed E-state index contributed by atoms with van der Waals surface area (Å²) in [5.74, 6) is 0. The van der Waals surface area contributed by atoms with Crippen LogP contribution in [0.15, 0.2) is 0 Å². The van der Waals surface area contributed by atoms with Crippen LogP contribution in [0, 0.1) is 5.41 Å². The van der Waals surface area contributed by atoms with Gasteiger partial charge in [0.1, 0.15) is 0 Å². The highest BCUT2D eigenvalue weighted by Crippen LogP contribution is 2.20. The molecule has 0 rings (SSSR count). The Morgan fingerprint density at radius 3 is 2.53 bits per heavy atom. The molecule has 0 spiro atoms. The molecule has 0 aromatic rings. The van der Waals surface area contributed by atoms with E-state index in [0.29, 0.717) is 5.41 Å². The van der Waals surface area contributed by atoms with E-state index >= 15 is 0 Å². The third-order valence-electron chi connectivity index (χ3n) is 2.43. The SMILES string of the molecule is CCOCCCC(C)(C)CNCCOC. The van der Waals surface area contributed by atoms with E-state index in [1.54, 1.807) is 7.11 Å². The highest BCUT2D eigenvalue weighted by molar-refractivity contribution is 4.71. The largest absolute Gasteiger partial charge is 0.383 e. The van der Waals surface area contributed by atoms with E-state index in [-0.39, 0.29) is 0 Å². The van der Waals surface area contributed by atoms with Gasteiger partial charge >= 0.3 is 0 Å². The van der Waals surface area contributed by atoms with Crippen LogP contribution in [0.2, 0.25) is 0 Å². The monoisotopic (exact) mass is 217 g/mol. The minimum absolute atomic E-state index is 0.352. The molecule has 92 valence electrons. The van der Waals surface area contributed by atoms with Gasteiger partial charge in [0.25, 0.3) is 0 Å². The topological polar surface area (TPSA) is 30.5 Å². The molecule has 0 aliphatic heterocycles. The third-order valence-corrected chi connectivity index (χ3v) is 2.43. The minimum Gasteiger partial charge on any atom is -0.383 e. The van der Waals surface area contributed by atoms with Crippen LogP contribution in [0.3, 0.4) is 0 Å². The Labute approximate surface area is 94.5 Å². The van der Waals surface area contributed by atoms with Gasteiger partial charge in [0.05, 0.1) is 6.61 Å². The maximum atomic E-state index is 5.33. The smallest absolute Gasteiger partial charge is 0.0587 e. The van der Waals surface area contributed by atoms with Gasteiger partial charge < -0.3 is 14.8 Å². The van der Waals surface area contributed by atoms with E-state index in [1.807, 2.05) is 6.92 Å². The summed E-state index contributed by atoms with van der Waals surface area (Å²) in [6.45, 7) is 11.1. The number of rotatable bonds is 10. The molecule has 1 N–H and O–H groups in total. The Hall–Kier alpha value is -0.120. The van der Waals surface area contributed by atoms with Gasteiger partial charge in [0.15, 0.2) is 0 Å². The molecule has 3 heteroatoms. The lowest BCUT2D eigenvalue weighted by Gasteiger charge is -2.25. The van der Waals surface area contributed by atoms with E-state index in [1.165, 1.54) is 6.42 Å². The zero-order valence-corrected chi connectivity index (χ0v) is 10.8. The molecule has 0 aliphatic rings. The van der Waals surface area contributed by atoms with Gasteiger partial charge in [-0.25, -0.2) is 0 Å². The lowest BCUT2D eigenvalue weighted by atomic mass is 9.88. The van der Waals surface area contributed by atoms with Crippen molar-refractivity contribution in [1.82, 2.24) is 5.32 Å². The van der Waals surface area contributed by atoms with Gasteiger partial charge in [0.2, 0.25) is 0 Å². The van der Waals surface area contributed by atoms with Crippen LogP contribution in [0.25, 0.3) is 0 Å². The van der Waals surface area contributed by atoms with Gasteiger partial charge in [0, 0.05) is 33.4 Å². The summed E-state index contributed by atoms with van der Waals surface area (Å²) in [7, 11) is 1.73. The van der Waals surface area contributed by atoms with E-state index < -0.39 is 0 Å². The van der Waals surface area contributed by atoms with Crippen LogP contribution < -0.4 is 5.32 Å². The minimum atomic E-state index is 0.352. The van der Waals surface area contributed by atoms with Crippen molar-refractivity contribution in [3.05, 3.63) is 0 Å². The van der Waals surface area contributed by atoms with Crippen molar-refractivity contribution >= 4 is 0 Å². The average Bonchev–Trinajstić information content (AvgIpc) is 2.20. The first-order valence-corrected chi connectivity index (χ1v) is 5.90. The number of nitrogens with one attached hydrogen (secondary N) is 1. The molecule has 0 fully saturated rings.